The summed E-state index contributed by atoms with van der Waals surface area (Å²) in [6.07, 6.45) is 3.17. The Morgan fingerprint density at radius 1 is 1.29 bits per heavy atom. The molecule has 7 nitrogen and oxygen atoms in total. The number of rotatable bonds is 5. The molecule has 0 unspecified atom stereocenters. The van der Waals surface area contributed by atoms with Gasteiger partial charge in [0.25, 0.3) is 5.69 Å². The van der Waals surface area contributed by atoms with Crippen LogP contribution >= 0.6 is 11.8 Å². The van der Waals surface area contributed by atoms with Gasteiger partial charge >= 0.3 is 0 Å². The third-order valence-corrected chi connectivity index (χ3v) is 3.54. The number of anilines is 1. The van der Waals surface area contributed by atoms with Crippen LogP contribution in [0.5, 0.6) is 0 Å². The van der Waals surface area contributed by atoms with Gasteiger partial charge in [-0.1, -0.05) is 23.9 Å². The first-order valence-corrected chi connectivity index (χ1v) is 6.94. The summed E-state index contributed by atoms with van der Waals surface area (Å²) in [6, 6.07) is 7.69. The number of hydrogen-bond donors (Lipinski definition) is 1. The lowest BCUT2D eigenvalue weighted by Gasteiger charge is -2.11. The molecule has 0 saturated heterocycles. The molecule has 108 valence electrons. The second kappa shape index (κ2) is 6.80. The van der Waals surface area contributed by atoms with E-state index in [2.05, 4.69) is 15.3 Å². The molecular weight excluding hydrogens is 292 g/mol. The Labute approximate surface area is 125 Å². The van der Waals surface area contributed by atoms with Crippen LogP contribution in [-0.2, 0) is 4.79 Å². The number of nitro benzene ring substituents is 1. The molecular formula is C13H12N4O3S. The van der Waals surface area contributed by atoms with Gasteiger partial charge in [-0.15, -0.1) is 0 Å². The number of nitro groups is 1. The number of nitrogens with one attached hydrogen (secondary N) is 1. The Balaban J connectivity index is 2.06. The van der Waals surface area contributed by atoms with Crippen LogP contribution in [0.4, 0.5) is 11.4 Å². The SMILES string of the molecule is C[C@H](Sc1ncccn1)C(=O)Nc1ccccc1[N+](=O)[O-]. The number of benzene rings is 1. The van der Waals surface area contributed by atoms with Crippen LogP contribution in [0, 0.1) is 10.1 Å². The number of hydrogen-bond acceptors (Lipinski definition) is 6. The lowest BCUT2D eigenvalue weighted by molar-refractivity contribution is -0.383. The number of aromatic nitrogens is 2. The maximum atomic E-state index is 12.1. The Hall–Kier alpha value is -2.48. The second-order valence-corrected chi connectivity index (χ2v) is 5.36. The Morgan fingerprint density at radius 2 is 1.95 bits per heavy atom. The molecule has 1 atom stereocenters. The van der Waals surface area contributed by atoms with E-state index in [0.29, 0.717) is 5.16 Å². The minimum atomic E-state index is -0.534. The van der Waals surface area contributed by atoms with Gasteiger partial charge < -0.3 is 5.32 Å². The molecule has 1 aromatic heterocycles. The van der Waals surface area contributed by atoms with Crippen molar-refractivity contribution in [3.63, 3.8) is 0 Å². The predicted molar refractivity (Wildman–Crippen MR) is 79.1 cm³/mol. The summed E-state index contributed by atoms with van der Waals surface area (Å²) in [5.41, 5.74) is 0.0351. The van der Waals surface area contributed by atoms with E-state index in [1.54, 1.807) is 37.5 Å². The molecule has 0 saturated carbocycles. The van der Waals surface area contributed by atoms with Crippen LogP contribution in [0.1, 0.15) is 6.92 Å². The summed E-state index contributed by atoms with van der Waals surface area (Å²) in [5, 5.41) is 13.4. The van der Waals surface area contributed by atoms with Crippen molar-refractivity contribution in [2.24, 2.45) is 0 Å². The van der Waals surface area contributed by atoms with E-state index in [1.165, 1.54) is 23.9 Å². The Kier molecular flexibility index (Phi) is 4.83. The molecule has 0 aliphatic rings. The van der Waals surface area contributed by atoms with Gasteiger partial charge in [0, 0.05) is 18.5 Å². The topological polar surface area (TPSA) is 98.0 Å². The number of carbonyl (C=O) groups is 1. The van der Waals surface area contributed by atoms with Gasteiger partial charge in [0.05, 0.1) is 10.2 Å². The molecule has 0 spiro atoms. The smallest absolute Gasteiger partial charge is 0.292 e. The van der Waals surface area contributed by atoms with Crippen molar-refractivity contribution in [3.8, 4) is 0 Å². The van der Waals surface area contributed by atoms with Gasteiger partial charge in [-0.2, -0.15) is 0 Å². The zero-order valence-corrected chi connectivity index (χ0v) is 11.9. The van der Waals surface area contributed by atoms with Crippen LogP contribution in [-0.4, -0.2) is 26.0 Å². The fourth-order valence-corrected chi connectivity index (χ4v) is 2.26. The molecule has 0 aliphatic carbocycles. The maximum absolute atomic E-state index is 12.1. The van der Waals surface area contributed by atoms with Crippen molar-refractivity contribution in [3.05, 3.63) is 52.8 Å². The van der Waals surface area contributed by atoms with Crippen molar-refractivity contribution in [2.75, 3.05) is 5.32 Å². The first-order valence-electron chi connectivity index (χ1n) is 6.06. The van der Waals surface area contributed by atoms with Gasteiger partial charge in [-0.3, -0.25) is 14.9 Å². The summed E-state index contributed by atoms with van der Waals surface area (Å²) in [6.45, 7) is 1.69. The highest BCUT2D eigenvalue weighted by molar-refractivity contribution is 8.00. The van der Waals surface area contributed by atoms with E-state index in [4.69, 9.17) is 0 Å². The summed E-state index contributed by atoms with van der Waals surface area (Å²) in [4.78, 5) is 30.5. The minimum Gasteiger partial charge on any atom is -0.319 e. The van der Waals surface area contributed by atoms with Crippen molar-refractivity contribution < 1.29 is 9.72 Å². The maximum Gasteiger partial charge on any atom is 0.292 e. The lowest BCUT2D eigenvalue weighted by Crippen LogP contribution is -2.23. The highest BCUT2D eigenvalue weighted by atomic mass is 32.2. The van der Waals surface area contributed by atoms with Crippen LogP contribution < -0.4 is 5.32 Å². The van der Waals surface area contributed by atoms with Crippen molar-refractivity contribution in [1.29, 1.82) is 0 Å². The van der Waals surface area contributed by atoms with Crippen LogP contribution in [0.3, 0.4) is 0 Å². The van der Waals surface area contributed by atoms with E-state index in [0.717, 1.165) is 0 Å². The molecule has 1 amide bonds. The predicted octanol–water partition coefficient (Wildman–Crippen LogP) is 2.50. The number of nitrogens with zero attached hydrogens (tertiary/aromatic N) is 3. The van der Waals surface area contributed by atoms with Gasteiger partial charge in [0.1, 0.15) is 5.69 Å². The van der Waals surface area contributed by atoms with Gasteiger partial charge in [-0.25, -0.2) is 9.97 Å². The first-order chi connectivity index (χ1) is 10.1. The summed E-state index contributed by atoms with van der Waals surface area (Å²) < 4.78 is 0. The molecule has 21 heavy (non-hydrogen) atoms. The quantitative estimate of drug-likeness (QED) is 0.394. The molecule has 1 heterocycles. The summed E-state index contributed by atoms with van der Waals surface area (Å²) >= 11 is 1.18. The highest BCUT2D eigenvalue weighted by Gasteiger charge is 2.20. The van der Waals surface area contributed by atoms with Crippen LogP contribution in [0.25, 0.3) is 0 Å². The Bertz CT molecular complexity index is 651. The molecule has 8 heteroatoms. The summed E-state index contributed by atoms with van der Waals surface area (Å²) in [5.74, 6) is -0.346. The minimum absolute atomic E-state index is 0.140. The van der Waals surface area contributed by atoms with E-state index < -0.39 is 10.2 Å². The number of para-hydroxylation sites is 2. The van der Waals surface area contributed by atoms with Gasteiger partial charge in [0.2, 0.25) is 5.91 Å². The highest BCUT2D eigenvalue weighted by Crippen LogP contribution is 2.25. The molecule has 2 rings (SSSR count). The molecule has 0 bridgehead atoms. The zero-order chi connectivity index (χ0) is 15.2. The Morgan fingerprint density at radius 3 is 2.62 bits per heavy atom. The van der Waals surface area contributed by atoms with E-state index in [-0.39, 0.29) is 17.3 Å². The first kappa shape index (κ1) is 14.9. The third-order valence-electron chi connectivity index (χ3n) is 2.55. The fraction of sp³-hybridized carbons (Fsp3) is 0.154. The van der Waals surface area contributed by atoms with Crippen molar-refractivity contribution in [1.82, 2.24) is 9.97 Å². The molecule has 1 N–H and O–H groups in total. The third kappa shape index (κ3) is 3.99. The van der Waals surface area contributed by atoms with E-state index >= 15 is 0 Å². The number of amides is 1. The average Bonchev–Trinajstić information content (AvgIpc) is 2.48. The van der Waals surface area contributed by atoms with Crippen molar-refractivity contribution >= 4 is 29.0 Å². The average molecular weight is 304 g/mol. The molecule has 1 aromatic carbocycles. The van der Waals surface area contributed by atoms with E-state index in [1.807, 2.05) is 0 Å². The standard InChI is InChI=1S/C13H12N4O3S/c1-9(21-13-14-7-4-8-15-13)12(18)16-10-5-2-3-6-11(10)17(19)20/h2-9H,1H3,(H,16,18)/t9-/m0/s1. The monoisotopic (exact) mass is 304 g/mol. The molecule has 0 aliphatic heterocycles. The van der Waals surface area contributed by atoms with Crippen LogP contribution in [0.15, 0.2) is 47.9 Å². The zero-order valence-electron chi connectivity index (χ0n) is 11.1. The largest absolute Gasteiger partial charge is 0.319 e. The van der Waals surface area contributed by atoms with Gasteiger partial charge in [0.15, 0.2) is 5.16 Å². The lowest BCUT2D eigenvalue weighted by atomic mass is 10.2. The second-order valence-electron chi connectivity index (χ2n) is 4.05. The van der Waals surface area contributed by atoms with E-state index in [9.17, 15) is 14.9 Å². The molecule has 0 fully saturated rings. The van der Waals surface area contributed by atoms with Gasteiger partial charge in [-0.05, 0) is 19.1 Å². The fourth-order valence-electron chi connectivity index (χ4n) is 1.53. The number of thioether (sulfide) groups is 1. The van der Waals surface area contributed by atoms with Crippen molar-refractivity contribution in [2.45, 2.75) is 17.3 Å². The summed E-state index contributed by atoms with van der Waals surface area (Å²) in [7, 11) is 0. The number of carbonyl (C=O) groups excluding carboxylic acids is 1. The molecule has 2 aromatic rings. The normalized spacial score (nSPS) is 11.7. The van der Waals surface area contributed by atoms with Crippen LogP contribution in [0.2, 0.25) is 0 Å². The molecule has 0 radical (unpaired) electrons.